The van der Waals surface area contributed by atoms with Crippen molar-refractivity contribution in [1.82, 2.24) is 15.1 Å². The molecule has 1 amide bonds. The number of hydrogen-bond acceptors (Lipinski definition) is 6. The lowest BCUT2D eigenvalue weighted by Crippen LogP contribution is -2.53. The highest BCUT2D eigenvalue weighted by Gasteiger charge is 2.48. The second-order valence-corrected chi connectivity index (χ2v) is 7.75. The van der Waals surface area contributed by atoms with E-state index in [1.807, 2.05) is 0 Å². The van der Waals surface area contributed by atoms with Gasteiger partial charge in [0.15, 0.2) is 0 Å². The zero-order valence-corrected chi connectivity index (χ0v) is 15.0. The molecule has 26 heavy (non-hydrogen) atoms. The van der Waals surface area contributed by atoms with Gasteiger partial charge in [-0.3, -0.25) is 4.90 Å². The van der Waals surface area contributed by atoms with Gasteiger partial charge < -0.3 is 14.1 Å². The van der Waals surface area contributed by atoms with Gasteiger partial charge in [0.1, 0.15) is 11.6 Å². The van der Waals surface area contributed by atoms with Gasteiger partial charge in [-0.25, -0.2) is 4.79 Å². The molecule has 0 aliphatic carbocycles. The minimum Gasteiger partial charge on any atom is -0.444 e. The molecule has 0 aromatic carbocycles. The SMILES string of the molecule is CC(C)(C)OC(=O)N1CCCCC1c1nnc(N2CC(C(F)(F)F)C2)o1. The molecule has 3 rings (SSSR count). The molecule has 0 N–H and O–H groups in total. The van der Waals surface area contributed by atoms with Gasteiger partial charge in [0.05, 0.1) is 5.92 Å². The summed E-state index contributed by atoms with van der Waals surface area (Å²) in [5.41, 5.74) is -0.622. The maximum absolute atomic E-state index is 12.6. The molecule has 2 fully saturated rings. The molecule has 10 heteroatoms. The fraction of sp³-hybridized carbons (Fsp3) is 0.812. The Morgan fingerprint density at radius 1 is 1.19 bits per heavy atom. The van der Waals surface area contributed by atoms with Crippen LogP contribution in [-0.4, -0.2) is 52.6 Å². The van der Waals surface area contributed by atoms with E-state index in [0.717, 1.165) is 12.8 Å². The summed E-state index contributed by atoms with van der Waals surface area (Å²) in [7, 11) is 0. The van der Waals surface area contributed by atoms with Crippen LogP contribution in [0.3, 0.4) is 0 Å². The molecule has 3 heterocycles. The minimum absolute atomic E-state index is 0.0650. The first-order chi connectivity index (χ1) is 12.0. The van der Waals surface area contributed by atoms with Crippen LogP contribution in [0, 0.1) is 5.92 Å². The van der Waals surface area contributed by atoms with Crippen LogP contribution in [0.5, 0.6) is 0 Å². The van der Waals surface area contributed by atoms with Crippen molar-refractivity contribution in [2.45, 2.75) is 57.9 Å². The lowest BCUT2D eigenvalue weighted by molar-refractivity contribution is -0.180. The molecule has 7 nitrogen and oxygen atoms in total. The highest BCUT2D eigenvalue weighted by Crippen LogP contribution is 2.37. The van der Waals surface area contributed by atoms with Gasteiger partial charge in [-0.2, -0.15) is 13.2 Å². The fourth-order valence-electron chi connectivity index (χ4n) is 3.06. The summed E-state index contributed by atoms with van der Waals surface area (Å²) in [4.78, 5) is 15.4. The second kappa shape index (κ2) is 6.62. The number of likely N-dealkylation sites (tertiary alicyclic amines) is 1. The van der Waals surface area contributed by atoms with Crippen molar-refractivity contribution >= 4 is 12.1 Å². The average Bonchev–Trinajstić information content (AvgIpc) is 2.91. The summed E-state index contributed by atoms with van der Waals surface area (Å²) in [5, 5.41) is 7.83. The fourth-order valence-corrected chi connectivity index (χ4v) is 3.06. The smallest absolute Gasteiger partial charge is 0.410 e. The third-order valence-corrected chi connectivity index (χ3v) is 4.46. The third kappa shape index (κ3) is 4.04. The molecule has 0 saturated carbocycles. The van der Waals surface area contributed by atoms with Gasteiger partial charge in [-0.1, -0.05) is 5.10 Å². The predicted molar refractivity (Wildman–Crippen MR) is 85.6 cm³/mol. The summed E-state index contributed by atoms with van der Waals surface area (Å²) in [6, 6.07) is -0.352. The van der Waals surface area contributed by atoms with Crippen LogP contribution in [0.2, 0.25) is 0 Å². The van der Waals surface area contributed by atoms with Gasteiger partial charge in [0, 0.05) is 19.6 Å². The van der Waals surface area contributed by atoms with E-state index < -0.39 is 29.8 Å². The highest BCUT2D eigenvalue weighted by molar-refractivity contribution is 5.68. The van der Waals surface area contributed by atoms with Crippen LogP contribution in [0.15, 0.2) is 4.42 Å². The zero-order valence-electron chi connectivity index (χ0n) is 15.0. The summed E-state index contributed by atoms with van der Waals surface area (Å²) < 4.78 is 48.8. The Bertz CT molecular complexity index is 650. The van der Waals surface area contributed by atoms with Crippen molar-refractivity contribution in [1.29, 1.82) is 0 Å². The summed E-state index contributed by atoms with van der Waals surface area (Å²) in [6.45, 7) is 5.50. The first-order valence-corrected chi connectivity index (χ1v) is 8.69. The molecule has 2 aliphatic heterocycles. The number of hydrogen-bond donors (Lipinski definition) is 0. The number of ether oxygens (including phenoxy) is 1. The van der Waals surface area contributed by atoms with Gasteiger partial charge in [0.2, 0.25) is 5.89 Å². The van der Waals surface area contributed by atoms with Crippen LogP contribution < -0.4 is 4.90 Å². The van der Waals surface area contributed by atoms with E-state index in [9.17, 15) is 18.0 Å². The largest absolute Gasteiger partial charge is 0.444 e. The van der Waals surface area contributed by atoms with Crippen molar-refractivity contribution in [3.05, 3.63) is 5.89 Å². The van der Waals surface area contributed by atoms with E-state index in [0.29, 0.717) is 13.0 Å². The molecule has 1 aromatic heterocycles. The van der Waals surface area contributed by atoms with Crippen molar-refractivity contribution in [3.8, 4) is 0 Å². The maximum atomic E-state index is 12.6. The van der Waals surface area contributed by atoms with Crippen LogP contribution in [-0.2, 0) is 4.74 Å². The molecule has 1 unspecified atom stereocenters. The summed E-state index contributed by atoms with van der Waals surface area (Å²) in [6.07, 6.45) is -2.29. The van der Waals surface area contributed by atoms with E-state index in [4.69, 9.17) is 9.15 Å². The first kappa shape index (κ1) is 18.8. The van der Waals surface area contributed by atoms with Gasteiger partial charge in [-0.15, -0.1) is 5.10 Å². The Morgan fingerprint density at radius 3 is 2.50 bits per heavy atom. The highest BCUT2D eigenvalue weighted by atomic mass is 19.4. The number of anilines is 1. The topological polar surface area (TPSA) is 71.7 Å². The van der Waals surface area contributed by atoms with E-state index >= 15 is 0 Å². The Labute approximate surface area is 149 Å². The van der Waals surface area contributed by atoms with Crippen LogP contribution in [0.1, 0.15) is 52.0 Å². The van der Waals surface area contributed by atoms with Crippen LogP contribution in [0.4, 0.5) is 24.0 Å². The number of nitrogens with zero attached hydrogens (tertiary/aromatic N) is 4. The standard InChI is InChI=1S/C16H23F3N4O3/c1-15(2,3)26-14(24)23-7-5-4-6-11(23)12-20-21-13(25-12)22-8-10(9-22)16(17,18)19/h10-11H,4-9H2,1-3H3. The molecule has 1 atom stereocenters. The van der Waals surface area contributed by atoms with Crippen molar-refractivity contribution in [2.24, 2.45) is 5.92 Å². The third-order valence-electron chi connectivity index (χ3n) is 4.46. The maximum Gasteiger partial charge on any atom is 0.410 e. The number of piperidine rings is 1. The molecule has 146 valence electrons. The quantitative estimate of drug-likeness (QED) is 0.786. The monoisotopic (exact) mass is 376 g/mol. The number of carbonyl (C=O) groups excluding carboxylic acids is 1. The van der Waals surface area contributed by atoms with E-state index in [-0.39, 0.29) is 25.0 Å². The lowest BCUT2D eigenvalue weighted by Gasteiger charge is -2.38. The Balaban J connectivity index is 1.68. The molecule has 0 bridgehead atoms. The minimum atomic E-state index is -4.21. The predicted octanol–water partition coefficient (Wildman–Crippen LogP) is 3.53. The second-order valence-electron chi connectivity index (χ2n) is 7.75. The Hall–Kier alpha value is -2.00. The average molecular weight is 376 g/mol. The number of amides is 1. The number of aromatic nitrogens is 2. The van der Waals surface area contributed by atoms with E-state index in [1.165, 1.54) is 4.90 Å². The molecule has 2 saturated heterocycles. The lowest BCUT2D eigenvalue weighted by atomic mass is 10.0. The van der Waals surface area contributed by atoms with E-state index in [2.05, 4.69) is 10.2 Å². The molecule has 1 aromatic rings. The number of alkyl halides is 3. The van der Waals surface area contributed by atoms with Crippen molar-refractivity contribution in [2.75, 3.05) is 24.5 Å². The number of halogens is 3. The molecular weight excluding hydrogens is 353 g/mol. The van der Waals surface area contributed by atoms with Gasteiger partial charge >= 0.3 is 18.3 Å². The molecule has 0 radical (unpaired) electrons. The van der Waals surface area contributed by atoms with Gasteiger partial charge in [0.25, 0.3) is 0 Å². The number of rotatable bonds is 2. The molecular formula is C16H23F3N4O3. The summed E-state index contributed by atoms with van der Waals surface area (Å²) in [5.74, 6) is -1.13. The normalized spacial score (nSPS) is 22.3. The Kier molecular flexibility index (Phi) is 4.78. The molecule has 2 aliphatic rings. The van der Waals surface area contributed by atoms with Crippen molar-refractivity contribution in [3.63, 3.8) is 0 Å². The van der Waals surface area contributed by atoms with Crippen LogP contribution >= 0.6 is 0 Å². The van der Waals surface area contributed by atoms with Crippen molar-refractivity contribution < 1.29 is 27.1 Å². The first-order valence-electron chi connectivity index (χ1n) is 8.69. The van der Waals surface area contributed by atoms with Crippen LogP contribution in [0.25, 0.3) is 0 Å². The zero-order chi connectivity index (χ0) is 19.1. The Morgan fingerprint density at radius 2 is 1.88 bits per heavy atom. The van der Waals surface area contributed by atoms with Gasteiger partial charge in [-0.05, 0) is 40.0 Å². The number of carbonyl (C=O) groups is 1. The molecule has 0 spiro atoms. The van der Waals surface area contributed by atoms with E-state index in [1.54, 1.807) is 25.7 Å². The summed E-state index contributed by atoms with van der Waals surface area (Å²) >= 11 is 0.